The zero-order valence-corrected chi connectivity index (χ0v) is 9.41. The lowest BCUT2D eigenvalue weighted by Crippen LogP contribution is -2.49. The average molecular weight is 208 g/mol. The molecular weight excluding hydrogens is 188 g/mol. The molecule has 1 saturated heterocycles. The molecule has 2 atom stereocenters. The predicted octanol–water partition coefficient (Wildman–Crippen LogP) is 0.986. The van der Waals surface area contributed by atoms with Crippen molar-refractivity contribution in [3.8, 4) is 12.3 Å². The van der Waals surface area contributed by atoms with Crippen molar-refractivity contribution in [3.63, 3.8) is 0 Å². The number of hydrogen-bond acceptors (Lipinski definition) is 2. The molecule has 3 heteroatoms. The molecule has 2 N–H and O–H groups in total. The summed E-state index contributed by atoms with van der Waals surface area (Å²) in [4.78, 5) is 13.6. The summed E-state index contributed by atoms with van der Waals surface area (Å²) >= 11 is 0. The second kappa shape index (κ2) is 5.77. The zero-order valence-electron chi connectivity index (χ0n) is 9.41. The Balaban J connectivity index is 2.58. The predicted molar refractivity (Wildman–Crippen MR) is 61.0 cm³/mol. The number of carbonyl (C=O) groups excluding carboxylic acids is 1. The minimum absolute atomic E-state index is 0.0579. The van der Waals surface area contributed by atoms with Gasteiger partial charge in [-0.05, 0) is 18.8 Å². The summed E-state index contributed by atoms with van der Waals surface area (Å²) in [5.41, 5.74) is 5.70. The third kappa shape index (κ3) is 2.97. The van der Waals surface area contributed by atoms with Crippen LogP contribution in [0.25, 0.3) is 0 Å². The fourth-order valence-electron chi connectivity index (χ4n) is 2.25. The number of hydrogen-bond donors (Lipinski definition) is 1. The summed E-state index contributed by atoms with van der Waals surface area (Å²) in [6.45, 7) is 3.56. The second-order valence-corrected chi connectivity index (χ2v) is 4.16. The van der Waals surface area contributed by atoms with Gasteiger partial charge in [-0.1, -0.05) is 19.3 Å². The molecule has 1 aliphatic heterocycles. The molecule has 84 valence electrons. The molecule has 3 nitrogen and oxygen atoms in total. The van der Waals surface area contributed by atoms with Crippen LogP contribution < -0.4 is 5.73 Å². The van der Waals surface area contributed by atoms with Gasteiger partial charge in [0.15, 0.2) is 0 Å². The Bertz CT molecular complexity index is 257. The van der Waals surface area contributed by atoms with Gasteiger partial charge in [0.1, 0.15) is 0 Å². The van der Waals surface area contributed by atoms with E-state index in [1.807, 2.05) is 4.90 Å². The molecule has 0 spiro atoms. The van der Waals surface area contributed by atoms with Crippen LogP contribution in [0.3, 0.4) is 0 Å². The Morgan fingerprint density at radius 3 is 2.93 bits per heavy atom. The largest absolute Gasteiger partial charge is 0.338 e. The van der Waals surface area contributed by atoms with Crippen LogP contribution in [0.1, 0.15) is 32.6 Å². The first-order chi connectivity index (χ1) is 7.22. The van der Waals surface area contributed by atoms with Crippen molar-refractivity contribution in [1.29, 1.82) is 0 Å². The maximum Gasteiger partial charge on any atom is 0.234 e. The van der Waals surface area contributed by atoms with Crippen LogP contribution in [0, 0.1) is 18.3 Å². The summed E-state index contributed by atoms with van der Waals surface area (Å²) in [7, 11) is 0. The molecule has 0 aromatic rings. The third-order valence-electron chi connectivity index (χ3n) is 3.25. The Labute approximate surface area is 92.0 Å². The van der Waals surface area contributed by atoms with Crippen LogP contribution in [-0.4, -0.2) is 29.9 Å². The molecule has 1 amide bonds. The number of rotatable bonds is 3. The van der Waals surface area contributed by atoms with E-state index in [2.05, 4.69) is 12.8 Å². The molecule has 0 radical (unpaired) electrons. The molecule has 0 aromatic heterocycles. The average Bonchev–Trinajstić information content (AvgIpc) is 2.28. The Morgan fingerprint density at radius 1 is 1.67 bits per heavy atom. The van der Waals surface area contributed by atoms with E-state index in [1.165, 1.54) is 6.42 Å². The SMILES string of the molecule is C#CCC(=O)N1CCC(CC)CC1CN. The van der Waals surface area contributed by atoms with Crippen molar-refractivity contribution in [2.45, 2.75) is 38.6 Å². The molecule has 1 fully saturated rings. The van der Waals surface area contributed by atoms with Crippen LogP contribution in [0.5, 0.6) is 0 Å². The molecular formula is C12H20N2O. The number of terminal acetylenes is 1. The van der Waals surface area contributed by atoms with E-state index in [0.717, 1.165) is 19.4 Å². The van der Waals surface area contributed by atoms with Crippen LogP contribution in [0.4, 0.5) is 0 Å². The smallest absolute Gasteiger partial charge is 0.234 e. The lowest BCUT2D eigenvalue weighted by molar-refractivity contribution is -0.134. The van der Waals surface area contributed by atoms with Gasteiger partial charge in [0.05, 0.1) is 6.42 Å². The summed E-state index contributed by atoms with van der Waals surface area (Å²) < 4.78 is 0. The Kier molecular flexibility index (Phi) is 4.64. The molecule has 1 heterocycles. The molecule has 1 aliphatic rings. The summed E-state index contributed by atoms with van der Waals surface area (Å²) in [5.74, 6) is 3.18. The first-order valence-corrected chi connectivity index (χ1v) is 5.65. The lowest BCUT2D eigenvalue weighted by atomic mass is 9.88. The van der Waals surface area contributed by atoms with E-state index in [4.69, 9.17) is 12.2 Å². The quantitative estimate of drug-likeness (QED) is 0.703. The molecule has 15 heavy (non-hydrogen) atoms. The first-order valence-electron chi connectivity index (χ1n) is 5.65. The summed E-state index contributed by atoms with van der Waals surface area (Å²) in [5, 5.41) is 0. The number of likely N-dealkylation sites (tertiary alicyclic amines) is 1. The monoisotopic (exact) mass is 208 g/mol. The number of amides is 1. The van der Waals surface area contributed by atoms with Gasteiger partial charge in [-0.3, -0.25) is 4.79 Å². The van der Waals surface area contributed by atoms with Crippen molar-refractivity contribution >= 4 is 5.91 Å². The number of nitrogens with zero attached hydrogens (tertiary/aromatic N) is 1. The van der Waals surface area contributed by atoms with E-state index in [0.29, 0.717) is 12.5 Å². The number of nitrogens with two attached hydrogens (primary N) is 1. The van der Waals surface area contributed by atoms with Crippen molar-refractivity contribution in [1.82, 2.24) is 4.90 Å². The van der Waals surface area contributed by atoms with E-state index >= 15 is 0 Å². The molecule has 2 unspecified atom stereocenters. The molecule has 0 aliphatic carbocycles. The maximum atomic E-state index is 11.7. The normalized spacial score (nSPS) is 26.1. The van der Waals surface area contributed by atoms with Crippen LogP contribution in [-0.2, 0) is 4.79 Å². The van der Waals surface area contributed by atoms with Gasteiger partial charge >= 0.3 is 0 Å². The fourth-order valence-corrected chi connectivity index (χ4v) is 2.25. The minimum atomic E-state index is 0.0579. The Hall–Kier alpha value is -1.01. The molecule has 0 bridgehead atoms. The highest BCUT2D eigenvalue weighted by Gasteiger charge is 2.29. The fraction of sp³-hybridized carbons (Fsp3) is 0.750. The van der Waals surface area contributed by atoms with E-state index in [1.54, 1.807) is 0 Å². The summed E-state index contributed by atoms with van der Waals surface area (Å²) in [6.07, 6.45) is 8.64. The topological polar surface area (TPSA) is 46.3 Å². The standard InChI is InChI=1S/C12H20N2O/c1-3-5-12(15)14-7-6-10(4-2)8-11(14)9-13/h1,10-11H,4-9,13H2,2H3. The van der Waals surface area contributed by atoms with Gasteiger partial charge < -0.3 is 10.6 Å². The van der Waals surface area contributed by atoms with Crippen molar-refractivity contribution in [2.24, 2.45) is 11.7 Å². The van der Waals surface area contributed by atoms with E-state index < -0.39 is 0 Å². The van der Waals surface area contributed by atoms with Gasteiger partial charge in [0.2, 0.25) is 5.91 Å². The summed E-state index contributed by atoms with van der Waals surface area (Å²) in [6, 6.07) is 0.199. The first kappa shape index (κ1) is 12.1. The van der Waals surface area contributed by atoms with Crippen molar-refractivity contribution < 1.29 is 4.79 Å². The second-order valence-electron chi connectivity index (χ2n) is 4.16. The van der Waals surface area contributed by atoms with E-state index in [-0.39, 0.29) is 18.4 Å². The highest BCUT2D eigenvalue weighted by molar-refractivity contribution is 5.79. The number of piperidine rings is 1. The third-order valence-corrected chi connectivity index (χ3v) is 3.25. The van der Waals surface area contributed by atoms with Crippen LogP contribution in [0.15, 0.2) is 0 Å². The van der Waals surface area contributed by atoms with Crippen LogP contribution >= 0.6 is 0 Å². The van der Waals surface area contributed by atoms with Gasteiger partial charge in [-0.15, -0.1) is 6.42 Å². The van der Waals surface area contributed by atoms with Crippen LogP contribution in [0.2, 0.25) is 0 Å². The maximum absolute atomic E-state index is 11.7. The number of carbonyl (C=O) groups is 1. The zero-order chi connectivity index (χ0) is 11.3. The molecule has 1 rings (SSSR count). The lowest BCUT2D eigenvalue weighted by Gasteiger charge is -2.38. The highest BCUT2D eigenvalue weighted by atomic mass is 16.2. The van der Waals surface area contributed by atoms with E-state index in [9.17, 15) is 4.79 Å². The molecule has 0 aromatic carbocycles. The highest BCUT2D eigenvalue weighted by Crippen LogP contribution is 2.25. The Morgan fingerprint density at radius 2 is 2.40 bits per heavy atom. The van der Waals surface area contributed by atoms with Gasteiger partial charge in [-0.25, -0.2) is 0 Å². The minimum Gasteiger partial charge on any atom is -0.338 e. The van der Waals surface area contributed by atoms with Crippen molar-refractivity contribution in [2.75, 3.05) is 13.1 Å². The van der Waals surface area contributed by atoms with Gasteiger partial charge in [-0.2, -0.15) is 0 Å². The van der Waals surface area contributed by atoms with Gasteiger partial charge in [0, 0.05) is 19.1 Å². The molecule has 0 saturated carbocycles. The van der Waals surface area contributed by atoms with Gasteiger partial charge in [0.25, 0.3) is 0 Å². The van der Waals surface area contributed by atoms with Crippen molar-refractivity contribution in [3.05, 3.63) is 0 Å².